The van der Waals surface area contributed by atoms with Crippen LogP contribution in [0.5, 0.6) is 0 Å². The quantitative estimate of drug-likeness (QED) is 0.197. The molecule has 0 radical (unpaired) electrons. The van der Waals surface area contributed by atoms with Crippen LogP contribution in [0.1, 0.15) is 31.9 Å². The molecule has 0 unspecified atom stereocenters. The van der Waals surface area contributed by atoms with Crippen LogP contribution >= 0.6 is 11.3 Å². The highest BCUT2D eigenvalue weighted by molar-refractivity contribution is 7.21. The topological polar surface area (TPSA) is 29.3 Å². The molecule has 4 heteroatoms. The SMILES string of the molecule is C=CC=C1/C(=C\C)c2ccc(N(c3ccc4sc(-c5ccccc5)nc4c3)c3cccc4c3oc3ccccc34)cc2C1(C)C. The molecule has 1 aliphatic carbocycles. The zero-order chi connectivity index (χ0) is 30.7. The van der Waals surface area contributed by atoms with Gasteiger partial charge < -0.3 is 9.32 Å². The fourth-order valence-electron chi connectivity index (χ4n) is 6.87. The number of anilines is 3. The Labute approximate surface area is 267 Å². The van der Waals surface area contributed by atoms with Crippen LogP contribution < -0.4 is 4.90 Å². The smallest absolute Gasteiger partial charge is 0.159 e. The lowest BCUT2D eigenvalue weighted by Gasteiger charge is -2.28. The largest absolute Gasteiger partial charge is 0.454 e. The van der Waals surface area contributed by atoms with E-state index in [-0.39, 0.29) is 5.41 Å². The third kappa shape index (κ3) is 4.28. The van der Waals surface area contributed by atoms with E-state index in [1.165, 1.54) is 22.3 Å². The average molecular weight is 601 g/mol. The summed E-state index contributed by atoms with van der Waals surface area (Å²) in [4.78, 5) is 7.41. The van der Waals surface area contributed by atoms with Crippen LogP contribution in [-0.2, 0) is 5.41 Å². The highest BCUT2D eigenvalue weighted by atomic mass is 32.1. The monoisotopic (exact) mass is 600 g/mol. The van der Waals surface area contributed by atoms with Crippen molar-refractivity contribution in [1.82, 2.24) is 4.98 Å². The first-order valence-corrected chi connectivity index (χ1v) is 16.1. The summed E-state index contributed by atoms with van der Waals surface area (Å²) >= 11 is 1.72. The Bertz CT molecular complexity index is 2330. The van der Waals surface area contributed by atoms with Crippen molar-refractivity contribution < 1.29 is 4.42 Å². The van der Waals surface area contributed by atoms with Gasteiger partial charge in [0.05, 0.1) is 15.9 Å². The third-order valence-electron chi connectivity index (χ3n) is 9.04. The molecule has 5 aromatic carbocycles. The van der Waals surface area contributed by atoms with Crippen molar-refractivity contribution in [2.75, 3.05) is 4.90 Å². The average Bonchev–Trinajstić information content (AvgIpc) is 3.73. The third-order valence-corrected chi connectivity index (χ3v) is 10.1. The summed E-state index contributed by atoms with van der Waals surface area (Å²) < 4.78 is 7.75. The lowest BCUT2D eigenvalue weighted by molar-refractivity contribution is 0.660. The minimum atomic E-state index is -0.179. The van der Waals surface area contributed by atoms with Gasteiger partial charge in [-0.1, -0.05) is 105 Å². The molecule has 218 valence electrons. The number of fused-ring (bicyclic) bond motifs is 5. The van der Waals surface area contributed by atoms with Gasteiger partial charge in [-0.15, -0.1) is 11.3 Å². The molecule has 7 aromatic rings. The fraction of sp³-hybridized carbons (Fsp3) is 0.0976. The maximum Gasteiger partial charge on any atom is 0.159 e. The van der Waals surface area contributed by atoms with Crippen molar-refractivity contribution in [3.8, 4) is 10.6 Å². The Kier molecular flexibility index (Phi) is 6.36. The van der Waals surface area contributed by atoms with Crippen LogP contribution in [0.2, 0.25) is 0 Å². The minimum Gasteiger partial charge on any atom is -0.454 e. The van der Waals surface area contributed by atoms with E-state index < -0.39 is 0 Å². The first-order valence-electron chi connectivity index (χ1n) is 15.3. The summed E-state index contributed by atoms with van der Waals surface area (Å²) in [5, 5.41) is 3.24. The lowest BCUT2D eigenvalue weighted by atomic mass is 9.81. The van der Waals surface area contributed by atoms with Gasteiger partial charge in [-0.3, -0.25) is 0 Å². The van der Waals surface area contributed by atoms with Gasteiger partial charge in [0.25, 0.3) is 0 Å². The normalized spacial score (nSPS) is 15.8. The molecule has 8 rings (SSSR count). The summed E-state index contributed by atoms with van der Waals surface area (Å²) in [7, 11) is 0. The van der Waals surface area contributed by atoms with Gasteiger partial charge in [-0.05, 0) is 71.7 Å². The molecule has 0 saturated heterocycles. The van der Waals surface area contributed by atoms with E-state index in [1.807, 2.05) is 24.3 Å². The number of hydrogen-bond acceptors (Lipinski definition) is 4. The van der Waals surface area contributed by atoms with E-state index in [0.29, 0.717) is 0 Å². The number of furan rings is 1. The second-order valence-corrected chi connectivity index (χ2v) is 13.0. The van der Waals surface area contributed by atoms with Gasteiger partial charge in [0.2, 0.25) is 0 Å². The molecule has 0 amide bonds. The van der Waals surface area contributed by atoms with Gasteiger partial charge in [0.15, 0.2) is 5.58 Å². The van der Waals surface area contributed by atoms with Gasteiger partial charge in [0.1, 0.15) is 10.6 Å². The van der Waals surface area contributed by atoms with Crippen LogP contribution in [0.3, 0.4) is 0 Å². The number of thiazole rings is 1. The second-order valence-electron chi connectivity index (χ2n) is 12.0. The van der Waals surface area contributed by atoms with Crippen molar-refractivity contribution in [1.29, 1.82) is 0 Å². The van der Waals surface area contributed by atoms with Crippen LogP contribution in [-0.4, -0.2) is 4.98 Å². The Hall–Kier alpha value is -5.19. The minimum absolute atomic E-state index is 0.179. The van der Waals surface area contributed by atoms with E-state index in [1.54, 1.807) is 11.3 Å². The number of aromatic nitrogens is 1. The predicted octanol–water partition coefficient (Wildman–Crippen LogP) is 12.1. The molecule has 2 aromatic heterocycles. The molecule has 1 aliphatic rings. The molecular formula is C41H32N2OS. The predicted molar refractivity (Wildman–Crippen MR) is 192 cm³/mol. The molecule has 0 aliphatic heterocycles. The number of rotatable bonds is 5. The van der Waals surface area contributed by atoms with Crippen LogP contribution in [0.4, 0.5) is 17.1 Å². The number of para-hydroxylation sites is 2. The Balaban J connectivity index is 1.37. The molecule has 45 heavy (non-hydrogen) atoms. The molecule has 0 N–H and O–H groups in total. The zero-order valence-electron chi connectivity index (χ0n) is 25.5. The van der Waals surface area contributed by atoms with Crippen molar-refractivity contribution >= 4 is 66.1 Å². The van der Waals surface area contributed by atoms with E-state index >= 15 is 0 Å². The van der Waals surface area contributed by atoms with Crippen LogP contribution in [0.15, 0.2) is 144 Å². The summed E-state index contributed by atoms with van der Waals surface area (Å²) in [6.07, 6.45) is 6.27. The summed E-state index contributed by atoms with van der Waals surface area (Å²) in [6, 6.07) is 38.6. The maximum absolute atomic E-state index is 6.59. The first-order chi connectivity index (χ1) is 22.0. The highest BCUT2D eigenvalue weighted by Gasteiger charge is 2.38. The van der Waals surface area contributed by atoms with Crippen molar-refractivity contribution in [2.45, 2.75) is 26.2 Å². The number of benzene rings is 5. The lowest BCUT2D eigenvalue weighted by Crippen LogP contribution is -2.16. The maximum atomic E-state index is 6.59. The van der Waals surface area contributed by atoms with Gasteiger partial charge in [-0.25, -0.2) is 4.98 Å². The van der Waals surface area contributed by atoms with E-state index in [4.69, 9.17) is 9.40 Å². The summed E-state index contributed by atoms with van der Waals surface area (Å²) in [5.74, 6) is 0. The molecule has 3 nitrogen and oxygen atoms in total. The molecule has 0 spiro atoms. The summed E-state index contributed by atoms with van der Waals surface area (Å²) in [6.45, 7) is 10.7. The molecule has 0 saturated carbocycles. The van der Waals surface area contributed by atoms with Crippen molar-refractivity contribution in [3.05, 3.63) is 151 Å². The number of hydrogen-bond donors (Lipinski definition) is 0. The van der Waals surface area contributed by atoms with Crippen LogP contribution in [0.25, 0.3) is 48.3 Å². The van der Waals surface area contributed by atoms with Gasteiger partial charge >= 0.3 is 0 Å². The molecule has 2 heterocycles. The summed E-state index contributed by atoms with van der Waals surface area (Å²) in [5.41, 5.74) is 11.9. The Morgan fingerprint density at radius 1 is 0.822 bits per heavy atom. The Morgan fingerprint density at radius 2 is 1.58 bits per heavy atom. The van der Waals surface area contributed by atoms with Crippen molar-refractivity contribution in [2.24, 2.45) is 0 Å². The van der Waals surface area contributed by atoms with Gasteiger partial charge in [-0.2, -0.15) is 0 Å². The van der Waals surface area contributed by atoms with E-state index in [0.717, 1.165) is 59.8 Å². The first kappa shape index (κ1) is 27.4. The standard InChI is InChI=1S/C41H32N2OS/c1-5-13-33-29(6-2)30-22-20-27(24-34(30)41(33,3)4)43(36-18-12-17-32-31-16-10-11-19-37(31)44-39(32)36)28-21-23-38-35(25-28)42-40(45-38)26-14-8-7-9-15-26/h5-25H,1H2,2-4H3/b29-6-,33-13?. The number of nitrogens with zero attached hydrogens (tertiary/aromatic N) is 2. The van der Waals surface area contributed by atoms with E-state index in [2.05, 4.69) is 135 Å². The zero-order valence-corrected chi connectivity index (χ0v) is 26.4. The highest BCUT2D eigenvalue weighted by Crippen LogP contribution is 2.52. The number of allylic oxidation sites excluding steroid dienone is 5. The molecule has 0 bridgehead atoms. The second kappa shape index (κ2) is 10.5. The van der Waals surface area contributed by atoms with E-state index in [9.17, 15) is 0 Å². The molecular weight excluding hydrogens is 569 g/mol. The van der Waals surface area contributed by atoms with Crippen molar-refractivity contribution in [3.63, 3.8) is 0 Å². The molecule has 0 fully saturated rings. The Morgan fingerprint density at radius 3 is 2.40 bits per heavy atom. The van der Waals surface area contributed by atoms with Crippen LogP contribution in [0, 0.1) is 0 Å². The molecule has 0 atom stereocenters. The van der Waals surface area contributed by atoms with Gasteiger partial charge in [0, 0.05) is 33.1 Å². The fourth-order valence-corrected chi connectivity index (χ4v) is 7.82.